The lowest BCUT2D eigenvalue weighted by atomic mass is 10.2. The second-order valence-corrected chi connectivity index (χ2v) is 7.30. The number of benzene rings is 1. The average molecular weight is 323 g/mol. The third-order valence-corrected chi connectivity index (χ3v) is 4.89. The number of nitrogens with one attached hydrogen (secondary N) is 1. The predicted octanol–water partition coefficient (Wildman–Crippen LogP) is 1.21. The highest BCUT2D eigenvalue weighted by atomic mass is 32.2. The molecular formula is C16H25N3O2S. The Labute approximate surface area is 133 Å². The number of hydrogen-bond donors (Lipinski definition) is 1. The number of piperazine rings is 1. The first-order valence-electron chi connectivity index (χ1n) is 7.69. The molecule has 6 heteroatoms. The molecular weight excluding hydrogens is 298 g/mol. The van der Waals surface area contributed by atoms with E-state index in [-0.39, 0.29) is 0 Å². The highest BCUT2D eigenvalue weighted by Gasteiger charge is 2.13. The zero-order valence-electron chi connectivity index (χ0n) is 13.1. The molecule has 0 aliphatic carbocycles. The molecule has 22 heavy (non-hydrogen) atoms. The second kappa shape index (κ2) is 8.43. The summed E-state index contributed by atoms with van der Waals surface area (Å²) in [6, 6.07) is 9.42. The van der Waals surface area contributed by atoms with Gasteiger partial charge in [-0.3, -0.25) is 0 Å². The Morgan fingerprint density at radius 1 is 1.14 bits per heavy atom. The van der Waals surface area contributed by atoms with Crippen LogP contribution in [-0.4, -0.2) is 64.5 Å². The van der Waals surface area contributed by atoms with E-state index >= 15 is 0 Å². The van der Waals surface area contributed by atoms with E-state index in [2.05, 4.69) is 21.6 Å². The highest BCUT2D eigenvalue weighted by Crippen LogP contribution is 2.03. The molecule has 1 heterocycles. The van der Waals surface area contributed by atoms with E-state index in [9.17, 15) is 8.42 Å². The Kier molecular flexibility index (Phi) is 6.57. The van der Waals surface area contributed by atoms with Crippen LogP contribution in [0.15, 0.2) is 35.7 Å². The van der Waals surface area contributed by atoms with Crippen molar-refractivity contribution in [2.24, 2.45) is 0 Å². The van der Waals surface area contributed by atoms with Gasteiger partial charge in [-0.1, -0.05) is 30.3 Å². The van der Waals surface area contributed by atoms with Gasteiger partial charge in [-0.05, 0) is 31.7 Å². The van der Waals surface area contributed by atoms with Crippen LogP contribution in [0.2, 0.25) is 0 Å². The monoisotopic (exact) mass is 323 g/mol. The van der Waals surface area contributed by atoms with Gasteiger partial charge in [0.1, 0.15) is 0 Å². The van der Waals surface area contributed by atoms with Crippen LogP contribution in [0.1, 0.15) is 12.0 Å². The first-order valence-corrected chi connectivity index (χ1v) is 9.23. The third-order valence-electron chi connectivity index (χ3n) is 3.79. The quantitative estimate of drug-likeness (QED) is 0.767. The lowest BCUT2D eigenvalue weighted by Crippen LogP contribution is -2.45. The minimum atomic E-state index is -3.35. The van der Waals surface area contributed by atoms with Crippen molar-refractivity contribution < 1.29 is 8.42 Å². The smallest absolute Gasteiger partial charge is 0.233 e. The van der Waals surface area contributed by atoms with Gasteiger partial charge in [0.15, 0.2) is 0 Å². The van der Waals surface area contributed by atoms with Crippen LogP contribution in [0.3, 0.4) is 0 Å². The molecule has 0 amide bonds. The largest absolute Gasteiger partial charge is 0.304 e. The van der Waals surface area contributed by atoms with Gasteiger partial charge in [0.05, 0.1) is 0 Å². The molecule has 122 valence electrons. The predicted molar refractivity (Wildman–Crippen MR) is 91.0 cm³/mol. The molecule has 0 aromatic heterocycles. The third kappa shape index (κ3) is 6.27. The Bertz CT molecular complexity index is 564. The fraction of sp³-hybridized carbons (Fsp3) is 0.500. The van der Waals surface area contributed by atoms with Crippen molar-refractivity contribution in [1.29, 1.82) is 0 Å². The fourth-order valence-electron chi connectivity index (χ4n) is 2.37. The van der Waals surface area contributed by atoms with E-state index in [4.69, 9.17) is 0 Å². The molecule has 0 saturated carbocycles. The number of nitrogens with zero attached hydrogens (tertiary/aromatic N) is 2. The molecule has 1 aliphatic rings. The molecule has 1 aromatic rings. The molecule has 5 nitrogen and oxygen atoms in total. The average Bonchev–Trinajstić information content (AvgIpc) is 2.52. The molecule has 1 saturated heterocycles. The molecule has 1 aliphatic heterocycles. The van der Waals surface area contributed by atoms with Crippen LogP contribution in [0, 0.1) is 0 Å². The van der Waals surface area contributed by atoms with Crippen LogP contribution in [0.25, 0.3) is 6.08 Å². The lowest BCUT2D eigenvalue weighted by molar-refractivity contribution is 0.153. The minimum Gasteiger partial charge on any atom is -0.304 e. The maximum atomic E-state index is 11.9. The second-order valence-electron chi connectivity index (χ2n) is 5.65. The van der Waals surface area contributed by atoms with E-state index in [1.807, 2.05) is 30.3 Å². The molecule has 0 radical (unpaired) electrons. The van der Waals surface area contributed by atoms with Crippen molar-refractivity contribution in [3.8, 4) is 0 Å². The zero-order valence-corrected chi connectivity index (χ0v) is 13.9. The van der Waals surface area contributed by atoms with Crippen LogP contribution in [0.4, 0.5) is 0 Å². The van der Waals surface area contributed by atoms with Gasteiger partial charge in [-0.2, -0.15) is 0 Å². The fourth-order valence-corrected chi connectivity index (χ4v) is 3.23. The Hall–Kier alpha value is -1.21. The topological polar surface area (TPSA) is 52.6 Å². The van der Waals surface area contributed by atoms with Crippen molar-refractivity contribution in [1.82, 2.24) is 14.5 Å². The van der Waals surface area contributed by atoms with Gasteiger partial charge in [-0.15, -0.1) is 0 Å². The van der Waals surface area contributed by atoms with E-state index in [1.54, 1.807) is 6.08 Å². The summed E-state index contributed by atoms with van der Waals surface area (Å²) in [6.45, 7) is 5.73. The molecule has 1 N–H and O–H groups in total. The van der Waals surface area contributed by atoms with Gasteiger partial charge in [0.2, 0.25) is 10.0 Å². The summed E-state index contributed by atoms with van der Waals surface area (Å²) in [6.07, 6.45) is 2.45. The van der Waals surface area contributed by atoms with Crippen molar-refractivity contribution in [2.45, 2.75) is 6.42 Å². The summed E-state index contributed by atoms with van der Waals surface area (Å²) in [5.74, 6) is 0. The van der Waals surface area contributed by atoms with Crippen LogP contribution >= 0.6 is 0 Å². The van der Waals surface area contributed by atoms with Crippen LogP contribution in [-0.2, 0) is 10.0 Å². The number of rotatable bonds is 7. The van der Waals surface area contributed by atoms with Crippen LogP contribution in [0.5, 0.6) is 0 Å². The normalized spacial score (nSPS) is 18.0. The van der Waals surface area contributed by atoms with E-state index in [0.29, 0.717) is 6.54 Å². The molecule has 0 unspecified atom stereocenters. The first kappa shape index (κ1) is 17.1. The Morgan fingerprint density at radius 2 is 1.82 bits per heavy atom. The summed E-state index contributed by atoms with van der Waals surface area (Å²) in [5, 5.41) is 1.23. The molecule has 1 fully saturated rings. The van der Waals surface area contributed by atoms with Gasteiger partial charge in [0, 0.05) is 38.1 Å². The number of sulfonamides is 1. The number of likely N-dealkylation sites (N-methyl/N-ethyl adjacent to an activating group) is 1. The highest BCUT2D eigenvalue weighted by molar-refractivity contribution is 7.92. The summed E-state index contributed by atoms with van der Waals surface area (Å²) < 4.78 is 26.4. The van der Waals surface area contributed by atoms with Gasteiger partial charge < -0.3 is 9.80 Å². The van der Waals surface area contributed by atoms with E-state index < -0.39 is 10.0 Å². The summed E-state index contributed by atoms with van der Waals surface area (Å²) in [5.41, 5.74) is 0.880. The van der Waals surface area contributed by atoms with Crippen molar-refractivity contribution >= 4 is 16.1 Å². The van der Waals surface area contributed by atoms with E-state index in [0.717, 1.165) is 44.7 Å². The summed E-state index contributed by atoms with van der Waals surface area (Å²) in [7, 11) is -1.22. The maximum Gasteiger partial charge on any atom is 0.233 e. The van der Waals surface area contributed by atoms with Gasteiger partial charge >= 0.3 is 0 Å². The molecule has 2 rings (SSSR count). The van der Waals surface area contributed by atoms with Gasteiger partial charge in [0.25, 0.3) is 0 Å². The molecule has 0 bridgehead atoms. The van der Waals surface area contributed by atoms with Crippen molar-refractivity contribution in [3.63, 3.8) is 0 Å². The molecule has 1 aromatic carbocycles. The minimum absolute atomic E-state index is 0.480. The summed E-state index contributed by atoms with van der Waals surface area (Å²) in [4.78, 5) is 4.70. The molecule has 0 atom stereocenters. The standard InChI is InChI=1S/C16H25N3O2S/c1-18-11-13-19(14-12-18)10-5-9-17-22(20,21)15-8-16-6-3-2-4-7-16/h2-4,6-8,15,17H,5,9-14H2,1H3/b15-8+. The summed E-state index contributed by atoms with van der Waals surface area (Å²) >= 11 is 0. The SMILES string of the molecule is CN1CCN(CCCNS(=O)(=O)/C=C/c2ccccc2)CC1. The molecule has 0 spiro atoms. The van der Waals surface area contributed by atoms with Crippen LogP contribution < -0.4 is 4.72 Å². The Balaban J connectivity index is 1.68. The zero-order chi connectivity index (χ0) is 15.8. The Morgan fingerprint density at radius 3 is 2.50 bits per heavy atom. The van der Waals surface area contributed by atoms with Gasteiger partial charge in [-0.25, -0.2) is 13.1 Å². The van der Waals surface area contributed by atoms with Crippen molar-refractivity contribution in [3.05, 3.63) is 41.3 Å². The first-order chi connectivity index (χ1) is 10.6. The number of hydrogen-bond acceptors (Lipinski definition) is 4. The van der Waals surface area contributed by atoms with Crippen molar-refractivity contribution in [2.75, 3.05) is 46.3 Å². The van der Waals surface area contributed by atoms with E-state index in [1.165, 1.54) is 5.41 Å². The maximum absolute atomic E-state index is 11.9. The lowest BCUT2D eigenvalue weighted by Gasteiger charge is -2.32.